The van der Waals surface area contributed by atoms with Crippen molar-refractivity contribution in [3.63, 3.8) is 0 Å². The Morgan fingerprint density at radius 1 is 1.29 bits per heavy atom. The van der Waals surface area contributed by atoms with Gasteiger partial charge in [-0.1, -0.05) is 26.8 Å². The van der Waals surface area contributed by atoms with Crippen LogP contribution in [-0.4, -0.2) is 13.3 Å². The smallest absolute Gasteiger partial charge is 0.258 e. The van der Waals surface area contributed by atoms with E-state index in [0.29, 0.717) is 5.56 Å². The summed E-state index contributed by atoms with van der Waals surface area (Å²) in [5, 5.41) is 10.8. The molecule has 5 nitrogen and oxygen atoms in total. The molecule has 0 fully saturated rings. The minimum atomic E-state index is -4.93. The second-order valence-electron chi connectivity index (χ2n) is 4.62. The Hall–Kier alpha value is -1.50. The van der Waals surface area contributed by atoms with Crippen molar-refractivity contribution in [2.24, 2.45) is 0 Å². The lowest BCUT2D eigenvalue weighted by molar-refractivity contribution is -0.386. The van der Waals surface area contributed by atoms with E-state index in [4.69, 9.17) is 0 Å². The highest BCUT2D eigenvalue weighted by atomic mass is 32.3. The van der Waals surface area contributed by atoms with Gasteiger partial charge in [0.05, 0.1) is 4.92 Å². The summed E-state index contributed by atoms with van der Waals surface area (Å²) in [6, 6.07) is 3.05. The summed E-state index contributed by atoms with van der Waals surface area (Å²) < 4.78 is 34.1. The molecular weight excluding hydrogens is 249 g/mol. The average molecular weight is 261 g/mol. The van der Waals surface area contributed by atoms with Crippen molar-refractivity contribution >= 4 is 15.9 Å². The number of nitro benzene ring substituents is 1. The molecule has 1 aromatic carbocycles. The van der Waals surface area contributed by atoms with Crippen molar-refractivity contribution in [2.45, 2.75) is 31.1 Å². The number of hydrogen-bond donors (Lipinski definition) is 0. The molecule has 0 spiro atoms. The van der Waals surface area contributed by atoms with Crippen molar-refractivity contribution in [2.75, 3.05) is 0 Å². The lowest BCUT2D eigenvalue weighted by Crippen LogP contribution is -2.14. The zero-order valence-corrected chi connectivity index (χ0v) is 10.4. The molecule has 0 aliphatic rings. The van der Waals surface area contributed by atoms with Crippen molar-refractivity contribution in [3.05, 3.63) is 33.9 Å². The molecule has 7 heteroatoms. The number of nitrogens with zero attached hydrogens (tertiary/aromatic N) is 1. The average Bonchev–Trinajstić information content (AvgIpc) is 2.14. The monoisotopic (exact) mass is 261 g/mol. The molecule has 1 rings (SSSR count). The summed E-state index contributed by atoms with van der Waals surface area (Å²) in [7, 11) is -4.93. The fourth-order valence-corrected chi connectivity index (χ4v) is 1.93. The van der Waals surface area contributed by atoms with Gasteiger partial charge in [-0.25, -0.2) is 0 Å². The Balaban J connectivity index is 3.54. The van der Waals surface area contributed by atoms with E-state index in [1.165, 1.54) is 6.07 Å². The normalized spacial score (nSPS) is 12.5. The second kappa shape index (κ2) is 4.06. The molecule has 0 aliphatic carbocycles. The molecule has 0 atom stereocenters. The van der Waals surface area contributed by atoms with Crippen LogP contribution in [0.5, 0.6) is 0 Å². The van der Waals surface area contributed by atoms with Gasteiger partial charge in [0.2, 0.25) is 0 Å². The van der Waals surface area contributed by atoms with Gasteiger partial charge in [0.25, 0.3) is 5.69 Å². The Labute approximate surface area is 98.6 Å². The Bertz CT molecular complexity index is 560. The number of hydrogen-bond acceptors (Lipinski definition) is 4. The molecule has 0 N–H and O–H groups in total. The predicted octanol–water partition coefficient (Wildman–Crippen LogP) is 2.55. The van der Waals surface area contributed by atoms with Crippen LogP contribution in [0.3, 0.4) is 0 Å². The van der Waals surface area contributed by atoms with Gasteiger partial charge < -0.3 is 0 Å². The molecule has 0 saturated heterocycles. The Morgan fingerprint density at radius 2 is 1.82 bits per heavy atom. The Morgan fingerprint density at radius 3 is 2.18 bits per heavy atom. The molecule has 1 aromatic rings. The summed E-state index contributed by atoms with van der Waals surface area (Å²) in [5.74, 6) is 0. The van der Waals surface area contributed by atoms with E-state index in [1.807, 2.05) is 0 Å². The van der Waals surface area contributed by atoms with Crippen LogP contribution in [0.15, 0.2) is 23.1 Å². The lowest BCUT2D eigenvalue weighted by Gasteiger charge is -2.18. The van der Waals surface area contributed by atoms with Crippen LogP contribution in [0.25, 0.3) is 0 Å². The van der Waals surface area contributed by atoms with E-state index in [-0.39, 0.29) is 0 Å². The molecule has 0 aromatic heterocycles. The molecule has 0 radical (unpaired) electrons. The third-order valence-corrected chi connectivity index (χ3v) is 3.07. The van der Waals surface area contributed by atoms with E-state index in [9.17, 15) is 22.4 Å². The van der Waals surface area contributed by atoms with Crippen LogP contribution in [0.4, 0.5) is 9.57 Å². The SMILES string of the molecule is CC(C)(C)c1ccc(S(=O)(=O)F)cc1[N+](=O)[O-]. The molecule has 0 heterocycles. The van der Waals surface area contributed by atoms with Crippen molar-refractivity contribution < 1.29 is 17.2 Å². The third-order valence-electron chi connectivity index (χ3n) is 2.26. The maximum absolute atomic E-state index is 12.7. The first-order valence-corrected chi connectivity index (χ1v) is 6.15. The van der Waals surface area contributed by atoms with Crippen LogP contribution in [0, 0.1) is 10.1 Å². The predicted molar refractivity (Wildman–Crippen MR) is 60.1 cm³/mol. The van der Waals surface area contributed by atoms with E-state index >= 15 is 0 Å². The zero-order chi connectivity index (χ0) is 13.4. The fraction of sp³-hybridized carbons (Fsp3) is 0.400. The molecule has 17 heavy (non-hydrogen) atoms. The highest BCUT2D eigenvalue weighted by Crippen LogP contribution is 2.33. The third kappa shape index (κ3) is 3.00. The molecule has 0 bridgehead atoms. The second-order valence-corrected chi connectivity index (χ2v) is 5.97. The topological polar surface area (TPSA) is 77.3 Å². The number of halogens is 1. The summed E-state index contributed by atoms with van der Waals surface area (Å²) >= 11 is 0. The first kappa shape index (κ1) is 13.6. The standard InChI is InChI=1S/C10H12FNO4S/c1-10(2,3)8-5-4-7(17(11,15)16)6-9(8)12(13)14/h4-6H,1-3H3. The van der Waals surface area contributed by atoms with Gasteiger partial charge in [-0.2, -0.15) is 8.42 Å². The minimum Gasteiger partial charge on any atom is -0.258 e. The van der Waals surface area contributed by atoms with Gasteiger partial charge in [0.15, 0.2) is 0 Å². The van der Waals surface area contributed by atoms with Gasteiger partial charge in [-0.3, -0.25) is 10.1 Å². The van der Waals surface area contributed by atoms with Gasteiger partial charge in [-0.05, 0) is 11.5 Å². The van der Waals surface area contributed by atoms with Crippen molar-refractivity contribution in [1.82, 2.24) is 0 Å². The van der Waals surface area contributed by atoms with Crippen molar-refractivity contribution in [3.8, 4) is 0 Å². The molecule has 0 saturated carbocycles. The summed E-state index contributed by atoms with van der Waals surface area (Å²) in [5.41, 5.74) is -0.563. The van der Waals surface area contributed by atoms with Gasteiger partial charge in [0.1, 0.15) is 4.90 Å². The summed E-state index contributed by atoms with van der Waals surface area (Å²) in [6.45, 7) is 5.25. The number of nitro groups is 1. The largest absolute Gasteiger partial charge is 0.332 e. The van der Waals surface area contributed by atoms with Crippen molar-refractivity contribution in [1.29, 1.82) is 0 Å². The first-order valence-electron chi connectivity index (χ1n) is 4.77. The Kier molecular flexibility index (Phi) is 3.24. The maximum Gasteiger partial charge on any atom is 0.332 e. The molecule has 0 aliphatic heterocycles. The summed E-state index contributed by atoms with van der Waals surface area (Å²) in [4.78, 5) is 9.43. The summed E-state index contributed by atoms with van der Waals surface area (Å²) in [6.07, 6.45) is 0. The van der Waals surface area contributed by atoms with E-state index in [2.05, 4.69) is 0 Å². The zero-order valence-electron chi connectivity index (χ0n) is 9.60. The van der Waals surface area contributed by atoms with Crippen LogP contribution in [0.2, 0.25) is 0 Å². The minimum absolute atomic E-state index is 0.356. The van der Waals surface area contributed by atoms with Gasteiger partial charge >= 0.3 is 10.2 Å². The molecule has 0 unspecified atom stereocenters. The maximum atomic E-state index is 12.7. The van der Waals surface area contributed by atoms with Crippen LogP contribution >= 0.6 is 0 Å². The number of benzene rings is 1. The number of rotatable bonds is 2. The van der Waals surface area contributed by atoms with Gasteiger partial charge in [0, 0.05) is 11.6 Å². The van der Waals surface area contributed by atoms with Gasteiger partial charge in [-0.15, -0.1) is 3.89 Å². The van der Waals surface area contributed by atoms with Crippen LogP contribution in [0.1, 0.15) is 26.3 Å². The first-order chi connectivity index (χ1) is 7.53. The molecule has 0 amide bonds. The lowest BCUT2D eigenvalue weighted by atomic mass is 9.86. The van der Waals surface area contributed by atoms with E-state index in [0.717, 1.165) is 12.1 Å². The van der Waals surface area contributed by atoms with E-state index < -0.39 is 31.1 Å². The highest BCUT2D eigenvalue weighted by molar-refractivity contribution is 7.86. The fourth-order valence-electron chi connectivity index (χ4n) is 1.45. The van der Waals surface area contributed by atoms with E-state index in [1.54, 1.807) is 20.8 Å². The highest BCUT2D eigenvalue weighted by Gasteiger charge is 2.27. The molecule has 94 valence electrons. The quantitative estimate of drug-likeness (QED) is 0.465. The van der Waals surface area contributed by atoms with Crippen LogP contribution < -0.4 is 0 Å². The molecular formula is C10H12FNO4S. The van der Waals surface area contributed by atoms with Crippen LogP contribution in [-0.2, 0) is 15.6 Å².